The van der Waals surface area contributed by atoms with Crippen LogP contribution in [0, 0.1) is 0 Å². The second kappa shape index (κ2) is 5.05. The van der Waals surface area contributed by atoms with Crippen LogP contribution in [0.2, 0.25) is 0 Å². The molecule has 0 aromatic rings. The monoisotopic (exact) mass is 255 g/mol. The van der Waals surface area contributed by atoms with Crippen LogP contribution < -0.4 is 5.73 Å². The first-order valence-corrected chi connectivity index (χ1v) is 6.84. The first-order valence-electron chi connectivity index (χ1n) is 6.84. The Bertz CT molecular complexity index is 308. The Morgan fingerprint density at radius 1 is 1.22 bits per heavy atom. The average molecular weight is 255 g/mol. The maximum atomic E-state index is 12.0. The van der Waals surface area contributed by atoms with Gasteiger partial charge in [-0.2, -0.15) is 0 Å². The van der Waals surface area contributed by atoms with E-state index in [2.05, 4.69) is 4.90 Å². The minimum atomic E-state index is -0.438. The topological polar surface area (TPSA) is 58.8 Å². The van der Waals surface area contributed by atoms with Gasteiger partial charge in [0, 0.05) is 25.2 Å². The number of carbonyl (C=O) groups is 1. The normalized spacial score (nSPS) is 29.9. The molecule has 0 spiro atoms. The third-order valence-corrected chi connectivity index (χ3v) is 3.59. The second-order valence-electron chi connectivity index (χ2n) is 6.36. The molecule has 18 heavy (non-hydrogen) atoms. The summed E-state index contributed by atoms with van der Waals surface area (Å²) in [6, 6.07) is 0.357. The highest BCUT2D eigenvalue weighted by Gasteiger charge is 2.38. The van der Waals surface area contributed by atoms with Crippen molar-refractivity contribution in [2.45, 2.75) is 51.3 Å². The van der Waals surface area contributed by atoms with Crippen LogP contribution in [0.1, 0.15) is 33.6 Å². The number of carbonyl (C=O) groups excluding carboxylic acids is 1. The Balaban J connectivity index is 1.91. The maximum Gasteiger partial charge on any atom is 0.410 e. The summed E-state index contributed by atoms with van der Waals surface area (Å²) in [5, 5.41) is 0. The Morgan fingerprint density at radius 3 is 2.39 bits per heavy atom. The summed E-state index contributed by atoms with van der Waals surface area (Å²) in [4.78, 5) is 16.2. The molecule has 0 radical (unpaired) electrons. The molecule has 1 amide bonds. The zero-order valence-electron chi connectivity index (χ0n) is 11.7. The van der Waals surface area contributed by atoms with E-state index in [-0.39, 0.29) is 12.1 Å². The lowest BCUT2D eigenvalue weighted by atomic mass is 10.1. The number of hydrogen-bond acceptors (Lipinski definition) is 4. The van der Waals surface area contributed by atoms with Crippen molar-refractivity contribution in [3.05, 3.63) is 0 Å². The summed E-state index contributed by atoms with van der Waals surface area (Å²) in [5.41, 5.74) is 5.72. The number of hydrogen-bond donors (Lipinski definition) is 1. The molecule has 2 aliphatic heterocycles. The molecule has 104 valence electrons. The highest BCUT2D eigenvalue weighted by molar-refractivity contribution is 5.68. The van der Waals surface area contributed by atoms with Crippen molar-refractivity contribution in [1.82, 2.24) is 9.80 Å². The lowest BCUT2D eigenvalue weighted by molar-refractivity contribution is 0.0281. The minimum absolute atomic E-state index is 0.0515. The van der Waals surface area contributed by atoms with Gasteiger partial charge in [-0.15, -0.1) is 0 Å². The summed E-state index contributed by atoms with van der Waals surface area (Å²) < 4.78 is 5.39. The zero-order chi connectivity index (χ0) is 13.3. The third-order valence-electron chi connectivity index (χ3n) is 3.59. The van der Waals surface area contributed by atoms with Gasteiger partial charge in [0.1, 0.15) is 5.60 Å². The Hall–Kier alpha value is -0.810. The van der Waals surface area contributed by atoms with Crippen molar-refractivity contribution in [3.63, 3.8) is 0 Å². The number of likely N-dealkylation sites (tertiary alicyclic amines) is 2. The first kappa shape index (κ1) is 13.6. The van der Waals surface area contributed by atoms with Gasteiger partial charge in [-0.3, -0.25) is 4.90 Å². The highest BCUT2D eigenvalue weighted by atomic mass is 16.6. The SMILES string of the molecule is CC(C)(C)OC(=O)N1C[C@@H](N)[C@@H](N2CCCC2)C1. The largest absolute Gasteiger partial charge is 0.444 e. The number of nitrogens with two attached hydrogens (primary N) is 1. The van der Waals surface area contributed by atoms with E-state index in [1.807, 2.05) is 20.8 Å². The van der Waals surface area contributed by atoms with Crippen molar-refractivity contribution in [2.24, 2.45) is 5.73 Å². The second-order valence-corrected chi connectivity index (χ2v) is 6.36. The van der Waals surface area contributed by atoms with Crippen molar-refractivity contribution in [1.29, 1.82) is 0 Å². The van der Waals surface area contributed by atoms with E-state index in [1.165, 1.54) is 12.8 Å². The smallest absolute Gasteiger partial charge is 0.410 e. The van der Waals surface area contributed by atoms with Gasteiger partial charge in [0.05, 0.1) is 0 Å². The van der Waals surface area contributed by atoms with Crippen LogP contribution in [0.25, 0.3) is 0 Å². The van der Waals surface area contributed by atoms with Crippen LogP contribution in [-0.4, -0.2) is 59.8 Å². The van der Waals surface area contributed by atoms with E-state index < -0.39 is 5.60 Å². The molecule has 0 aromatic heterocycles. The molecule has 2 rings (SSSR count). The first-order chi connectivity index (χ1) is 8.37. The molecule has 2 aliphatic rings. The summed E-state index contributed by atoms with van der Waals surface area (Å²) in [6.45, 7) is 9.20. The van der Waals surface area contributed by atoms with Crippen molar-refractivity contribution >= 4 is 6.09 Å². The Labute approximate surface area is 109 Å². The van der Waals surface area contributed by atoms with Gasteiger partial charge in [0.2, 0.25) is 0 Å². The molecular weight excluding hydrogens is 230 g/mol. The van der Waals surface area contributed by atoms with Gasteiger partial charge in [0.25, 0.3) is 0 Å². The lowest BCUT2D eigenvalue weighted by Crippen LogP contribution is -2.45. The molecule has 2 fully saturated rings. The van der Waals surface area contributed by atoms with E-state index >= 15 is 0 Å². The van der Waals surface area contributed by atoms with Gasteiger partial charge < -0.3 is 15.4 Å². The standard InChI is InChI=1S/C13H25N3O2/c1-13(2,3)18-12(17)16-8-10(14)11(9-16)15-6-4-5-7-15/h10-11H,4-9,14H2,1-3H3/t10-,11+/m1/s1. The quantitative estimate of drug-likeness (QED) is 0.760. The fourth-order valence-electron chi connectivity index (χ4n) is 2.75. The maximum absolute atomic E-state index is 12.0. The summed E-state index contributed by atoms with van der Waals surface area (Å²) in [6.07, 6.45) is 2.25. The summed E-state index contributed by atoms with van der Waals surface area (Å²) in [5.74, 6) is 0. The number of nitrogens with zero attached hydrogens (tertiary/aromatic N) is 2. The molecule has 0 aromatic carbocycles. The molecule has 2 heterocycles. The van der Waals surface area contributed by atoms with Crippen molar-refractivity contribution < 1.29 is 9.53 Å². The van der Waals surface area contributed by atoms with Gasteiger partial charge in [-0.05, 0) is 46.7 Å². The highest BCUT2D eigenvalue weighted by Crippen LogP contribution is 2.21. The molecule has 5 nitrogen and oxygen atoms in total. The van der Waals surface area contributed by atoms with E-state index in [9.17, 15) is 4.79 Å². The summed E-state index contributed by atoms with van der Waals surface area (Å²) in [7, 11) is 0. The number of rotatable bonds is 1. The Morgan fingerprint density at radius 2 is 1.83 bits per heavy atom. The van der Waals surface area contributed by atoms with E-state index in [0.29, 0.717) is 19.1 Å². The minimum Gasteiger partial charge on any atom is -0.444 e. The van der Waals surface area contributed by atoms with Gasteiger partial charge in [-0.1, -0.05) is 0 Å². The molecule has 0 unspecified atom stereocenters. The third kappa shape index (κ3) is 3.14. The molecular formula is C13H25N3O2. The Kier molecular flexibility index (Phi) is 3.82. The molecule has 0 bridgehead atoms. The molecule has 0 saturated carbocycles. The van der Waals surface area contributed by atoms with E-state index in [0.717, 1.165) is 13.1 Å². The van der Waals surface area contributed by atoms with Gasteiger partial charge in [-0.25, -0.2) is 4.79 Å². The summed E-state index contributed by atoms with van der Waals surface area (Å²) >= 11 is 0. The van der Waals surface area contributed by atoms with Gasteiger partial charge in [0.15, 0.2) is 0 Å². The molecule has 2 saturated heterocycles. The van der Waals surface area contributed by atoms with E-state index in [1.54, 1.807) is 4.90 Å². The molecule has 5 heteroatoms. The molecule has 2 atom stereocenters. The van der Waals surface area contributed by atoms with Crippen LogP contribution in [-0.2, 0) is 4.74 Å². The average Bonchev–Trinajstić information content (AvgIpc) is 2.82. The van der Waals surface area contributed by atoms with Crippen molar-refractivity contribution in [2.75, 3.05) is 26.2 Å². The fraction of sp³-hybridized carbons (Fsp3) is 0.923. The molecule has 0 aliphatic carbocycles. The molecule has 2 N–H and O–H groups in total. The fourth-order valence-corrected chi connectivity index (χ4v) is 2.75. The van der Waals surface area contributed by atoms with Crippen LogP contribution in [0.5, 0.6) is 0 Å². The zero-order valence-corrected chi connectivity index (χ0v) is 11.7. The van der Waals surface area contributed by atoms with Crippen molar-refractivity contribution in [3.8, 4) is 0 Å². The lowest BCUT2D eigenvalue weighted by Gasteiger charge is -2.26. The van der Waals surface area contributed by atoms with Crippen LogP contribution in [0.15, 0.2) is 0 Å². The van der Waals surface area contributed by atoms with Gasteiger partial charge >= 0.3 is 6.09 Å². The van der Waals surface area contributed by atoms with Crippen LogP contribution >= 0.6 is 0 Å². The predicted octanol–water partition coefficient (Wildman–Crippen LogP) is 1.03. The number of ether oxygens (including phenoxy) is 1. The van der Waals surface area contributed by atoms with E-state index in [4.69, 9.17) is 10.5 Å². The predicted molar refractivity (Wildman–Crippen MR) is 70.4 cm³/mol. The van der Waals surface area contributed by atoms with Crippen LogP contribution in [0.4, 0.5) is 4.79 Å². The van der Waals surface area contributed by atoms with Crippen LogP contribution in [0.3, 0.4) is 0 Å². The number of amides is 1.